The molecule has 0 saturated carbocycles. The maximum atomic E-state index is 13.6. The lowest BCUT2D eigenvalue weighted by Gasteiger charge is -2.27. The van der Waals surface area contributed by atoms with Gasteiger partial charge in [-0.1, -0.05) is 95.5 Å². The van der Waals surface area contributed by atoms with Crippen LogP contribution in [0.25, 0.3) is 5.69 Å². The molecule has 0 aliphatic carbocycles. The van der Waals surface area contributed by atoms with E-state index in [1.165, 1.54) is 0 Å². The Morgan fingerprint density at radius 3 is 2.30 bits per heavy atom. The Hall–Kier alpha value is -3.41. The highest BCUT2D eigenvalue weighted by Gasteiger charge is 2.26. The summed E-state index contributed by atoms with van der Waals surface area (Å²) in [5.74, 6) is 0.326. The van der Waals surface area contributed by atoms with E-state index in [0.29, 0.717) is 12.4 Å². The predicted molar refractivity (Wildman–Crippen MR) is 151 cm³/mol. The monoisotopic (exact) mass is 502 g/mol. The lowest BCUT2D eigenvalue weighted by atomic mass is 9.92. The van der Waals surface area contributed by atoms with E-state index in [0.717, 1.165) is 48.2 Å². The molecule has 0 radical (unpaired) electrons. The van der Waals surface area contributed by atoms with Crippen LogP contribution in [0.4, 0.5) is 5.82 Å². The van der Waals surface area contributed by atoms with Gasteiger partial charge in [0.1, 0.15) is 12.4 Å². The van der Waals surface area contributed by atoms with E-state index >= 15 is 0 Å². The largest absolute Gasteiger partial charge is 0.329 e. The fraction of sp³-hybridized carbons (Fsp3) is 0.452. The number of benzene rings is 2. The van der Waals surface area contributed by atoms with Crippen molar-refractivity contribution in [1.82, 2.24) is 14.7 Å². The van der Waals surface area contributed by atoms with Gasteiger partial charge in [-0.15, -0.1) is 0 Å². The number of aryl methyl sites for hydroxylation is 1. The Morgan fingerprint density at radius 2 is 1.70 bits per heavy atom. The first-order chi connectivity index (χ1) is 17.6. The molecule has 1 N–H and O–H groups in total. The van der Waals surface area contributed by atoms with Gasteiger partial charge in [-0.25, -0.2) is 4.68 Å². The van der Waals surface area contributed by atoms with Gasteiger partial charge >= 0.3 is 0 Å². The molecule has 2 aromatic carbocycles. The van der Waals surface area contributed by atoms with E-state index in [4.69, 9.17) is 5.10 Å². The summed E-state index contributed by atoms with van der Waals surface area (Å²) in [4.78, 5) is 28.7. The van der Waals surface area contributed by atoms with Crippen LogP contribution in [0.2, 0.25) is 0 Å². The van der Waals surface area contributed by atoms with Gasteiger partial charge in [0.15, 0.2) is 0 Å². The van der Waals surface area contributed by atoms with Crippen molar-refractivity contribution in [3.63, 3.8) is 0 Å². The van der Waals surface area contributed by atoms with Crippen LogP contribution in [0.1, 0.15) is 77.1 Å². The fourth-order valence-electron chi connectivity index (χ4n) is 4.30. The van der Waals surface area contributed by atoms with E-state index in [-0.39, 0.29) is 29.7 Å². The van der Waals surface area contributed by atoms with Crippen molar-refractivity contribution in [2.24, 2.45) is 5.92 Å². The normalized spacial score (nSPS) is 12.3. The molecular formula is C31H42N4O2. The van der Waals surface area contributed by atoms with Gasteiger partial charge in [0.05, 0.1) is 11.4 Å². The van der Waals surface area contributed by atoms with Gasteiger partial charge in [-0.2, -0.15) is 5.10 Å². The number of hydrogen-bond acceptors (Lipinski definition) is 3. The second kappa shape index (κ2) is 12.7. The molecule has 0 bridgehead atoms. The summed E-state index contributed by atoms with van der Waals surface area (Å²) >= 11 is 0. The maximum Gasteiger partial charge on any atom is 0.245 e. The number of nitrogens with one attached hydrogen (secondary N) is 1. The molecule has 0 aliphatic rings. The second-order valence-electron chi connectivity index (χ2n) is 10.9. The first kappa shape index (κ1) is 28.2. The van der Waals surface area contributed by atoms with Crippen LogP contribution >= 0.6 is 0 Å². The third kappa shape index (κ3) is 7.78. The highest BCUT2D eigenvalue weighted by molar-refractivity contribution is 5.94. The molecule has 2 amide bonds. The summed E-state index contributed by atoms with van der Waals surface area (Å²) in [5, 5.41) is 7.87. The van der Waals surface area contributed by atoms with Crippen LogP contribution in [0.5, 0.6) is 0 Å². The minimum absolute atomic E-state index is 0.0136. The standard InChI is InChI=1S/C31H42N4O2/c1-7-9-15-25(8-2)30(37)34(21-24-13-11-10-12-14-24)22-29(36)32-28-20-27(31(4,5)6)33-35(28)26-18-16-23(3)17-19-26/h10-14,16-20,25H,7-9,15,21-22H2,1-6H3,(H,32,36). The summed E-state index contributed by atoms with van der Waals surface area (Å²) in [6, 6.07) is 19.8. The minimum atomic E-state index is -0.233. The van der Waals surface area contributed by atoms with Crippen molar-refractivity contribution in [3.8, 4) is 5.69 Å². The van der Waals surface area contributed by atoms with E-state index in [1.54, 1.807) is 9.58 Å². The number of nitrogens with zero attached hydrogens (tertiary/aromatic N) is 3. The molecule has 0 saturated heterocycles. The smallest absolute Gasteiger partial charge is 0.245 e. The summed E-state index contributed by atoms with van der Waals surface area (Å²) in [5.41, 5.74) is 3.73. The first-order valence-corrected chi connectivity index (χ1v) is 13.4. The Kier molecular flexibility index (Phi) is 9.67. The van der Waals surface area contributed by atoms with Crippen molar-refractivity contribution < 1.29 is 9.59 Å². The molecule has 1 atom stereocenters. The second-order valence-corrected chi connectivity index (χ2v) is 10.9. The molecule has 1 aromatic heterocycles. The number of carbonyl (C=O) groups excluding carboxylic acids is 2. The summed E-state index contributed by atoms with van der Waals surface area (Å²) in [7, 11) is 0. The SMILES string of the molecule is CCCCC(CC)C(=O)N(CC(=O)Nc1cc(C(C)(C)C)nn1-c1ccc(C)cc1)Cc1ccccc1. The van der Waals surface area contributed by atoms with Crippen LogP contribution in [-0.2, 0) is 21.5 Å². The quantitative estimate of drug-likeness (QED) is 0.319. The summed E-state index contributed by atoms with van der Waals surface area (Å²) < 4.78 is 1.78. The average Bonchev–Trinajstić information content (AvgIpc) is 3.29. The van der Waals surface area contributed by atoms with E-state index in [9.17, 15) is 9.59 Å². The number of anilines is 1. The molecule has 3 rings (SSSR count). The molecule has 37 heavy (non-hydrogen) atoms. The van der Waals surface area contributed by atoms with Gasteiger partial charge in [0.2, 0.25) is 11.8 Å². The number of hydrogen-bond donors (Lipinski definition) is 1. The number of aromatic nitrogens is 2. The molecule has 1 heterocycles. The van der Waals surface area contributed by atoms with Crippen molar-refractivity contribution in [1.29, 1.82) is 0 Å². The van der Waals surface area contributed by atoms with E-state index in [1.807, 2.05) is 74.5 Å². The number of amides is 2. The van der Waals surface area contributed by atoms with Crippen LogP contribution in [-0.4, -0.2) is 33.0 Å². The van der Waals surface area contributed by atoms with Crippen LogP contribution in [0.3, 0.4) is 0 Å². The third-order valence-electron chi connectivity index (χ3n) is 6.63. The van der Waals surface area contributed by atoms with E-state index in [2.05, 4.69) is 33.0 Å². The molecular weight excluding hydrogens is 460 g/mol. The van der Waals surface area contributed by atoms with E-state index < -0.39 is 0 Å². The molecule has 0 aliphatic heterocycles. The Morgan fingerprint density at radius 1 is 1.03 bits per heavy atom. The van der Waals surface area contributed by atoms with Crippen LogP contribution in [0, 0.1) is 12.8 Å². The molecule has 0 fully saturated rings. The summed E-state index contributed by atoms with van der Waals surface area (Å²) in [6.07, 6.45) is 3.65. The summed E-state index contributed by atoms with van der Waals surface area (Å²) in [6.45, 7) is 12.9. The average molecular weight is 503 g/mol. The highest BCUT2D eigenvalue weighted by Crippen LogP contribution is 2.27. The van der Waals surface area contributed by atoms with Crippen molar-refractivity contribution >= 4 is 17.6 Å². The first-order valence-electron chi connectivity index (χ1n) is 13.4. The van der Waals surface area contributed by atoms with Gasteiger partial charge < -0.3 is 10.2 Å². The third-order valence-corrected chi connectivity index (χ3v) is 6.63. The Bertz CT molecular complexity index is 1160. The highest BCUT2D eigenvalue weighted by atomic mass is 16.2. The molecule has 0 spiro atoms. The number of carbonyl (C=O) groups is 2. The number of rotatable bonds is 11. The van der Waals surface area contributed by atoms with Gasteiger partial charge in [-0.05, 0) is 37.5 Å². The van der Waals surface area contributed by atoms with Gasteiger partial charge in [-0.3, -0.25) is 9.59 Å². The maximum absolute atomic E-state index is 13.6. The number of unbranched alkanes of at least 4 members (excludes halogenated alkanes) is 1. The van der Waals surface area contributed by atoms with Crippen molar-refractivity contribution in [2.75, 3.05) is 11.9 Å². The molecule has 6 nitrogen and oxygen atoms in total. The topological polar surface area (TPSA) is 67.2 Å². The molecule has 198 valence electrons. The zero-order chi connectivity index (χ0) is 27.0. The molecule has 6 heteroatoms. The Balaban J connectivity index is 1.87. The Labute approximate surface area is 222 Å². The van der Waals surface area contributed by atoms with Crippen LogP contribution < -0.4 is 5.32 Å². The zero-order valence-electron chi connectivity index (χ0n) is 23.3. The zero-order valence-corrected chi connectivity index (χ0v) is 23.3. The fourth-order valence-corrected chi connectivity index (χ4v) is 4.30. The minimum Gasteiger partial charge on any atom is -0.329 e. The molecule has 1 unspecified atom stereocenters. The van der Waals surface area contributed by atoms with Crippen molar-refractivity contribution in [3.05, 3.63) is 77.5 Å². The van der Waals surface area contributed by atoms with Crippen LogP contribution in [0.15, 0.2) is 60.7 Å². The van der Waals surface area contributed by atoms with Crippen molar-refractivity contribution in [2.45, 2.75) is 79.2 Å². The van der Waals surface area contributed by atoms with Gasteiger partial charge in [0, 0.05) is 23.9 Å². The lowest BCUT2D eigenvalue weighted by molar-refractivity contribution is -0.139. The predicted octanol–water partition coefficient (Wildman–Crippen LogP) is 6.66. The lowest BCUT2D eigenvalue weighted by Crippen LogP contribution is -2.41. The van der Waals surface area contributed by atoms with Gasteiger partial charge in [0.25, 0.3) is 0 Å². The molecule has 3 aromatic rings.